The molecule has 178 valence electrons. The molecule has 1 aromatic rings. The molecule has 0 bridgehead atoms. The van der Waals surface area contributed by atoms with Gasteiger partial charge in [0.05, 0.1) is 20.1 Å². The second-order valence-corrected chi connectivity index (χ2v) is 14.9. The summed E-state index contributed by atoms with van der Waals surface area (Å²) < 4.78 is 11.4. The fourth-order valence-electron chi connectivity index (χ4n) is 2.49. The maximum atomic E-state index is 11.1. The van der Waals surface area contributed by atoms with E-state index in [1.54, 1.807) is 30.0 Å². The van der Waals surface area contributed by atoms with Crippen LogP contribution in [0.15, 0.2) is 58.4 Å². The predicted molar refractivity (Wildman–Crippen MR) is 140 cm³/mol. The summed E-state index contributed by atoms with van der Waals surface area (Å²) in [6.07, 6.45) is 5.83. The summed E-state index contributed by atoms with van der Waals surface area (Å²) >= 11 is 1.55. The number of methoxy groups -OCH3 is 1. The Morgan fingerprint density at radius 3 is 2.33 bits per heavy atom. The highest BCUT2D eigenvalue weighted by Gasteiger charge is 2.44. The van der Waals surface area contributed by atoms with Crippen LogP contribution in [0.2, 0.25) is 18.1 Å². The molecule has 0 amide bonds. The number of benzene rings is 1. The molecule has 1 N–H and O–H groups in total. The minimum Gasteiger partial charge on any atom is -0.469 e. The first-order valence-corrected chi connectivity index (χ1v) is 14.6. The lowest BCUT2D eigenvalue weighted by Crippen LogP contribution is -2.48. The molecule has 0 aliphatic carbocycles. The van der Waals surface area contributed by atoms with Crippen LogP contribution in [0.1, 0.15) is 40.5 Å². The second-order valence-electron chi connectivity index (χ2n) is 9.06. The molecular weight excluding hydrogens is 448 g/mol. The molecule has 4 nitrogen and oxygen atoms in total. The van der Waals surface area contributed by atoms with Crippen LogP contribution in [0.5, 0.6) is 0 Å². The number of hydrogen-bond donors (Lipinski definition) is 1. The van der Waals surface area contributed by atoms with Gasteiger partial charge in [-0.1, -0.05) is 74.4 Å². The number of aliphatic hydroxyl groups excluding tert-OH is 1. The second kappa shape index (κ2) is 13.5. The van der Waals surface area contributed by atoms with Crippen molar-refractivity contribution in [2.24, 2.45) is 0 Å². The maximum Gasteiger partial charge on any atom is 0.306 e. The van der Waals surface area contributed by atoms with Crippen LogP contribution in [-0.4, -0.2) is 38.7 Å². The van der Waals surface area contributed by atoms with Crippen molar-refractivity contribution in [1.82, 2.24) is 0 Å². The lowest BCUT2D eigenvalue weighted by Gasteiger charge is -2.42. The zero-order chi connectivity index (χ0) is 25.0. The minimum atomic E-state index is -2.18. The lowest BCUT2D eigenvalue weighted by molar-refractivity contribution is -0.140. The summed E-state index contributed by atoms with van der Waals surface area (Å²) in [5.41, 5.74) is -0.894. The summed E-state index contributed by atoms with van der Waals surface area (Å²) in [7, 11) is -0.819. The zero-order valence-electron chi connectivity index (χ0n) is 20.8. The largest absolute Gasteiger partial charge is 0.469 e. The van der Waals surface area contributed by atoms with Crippen molar-refractivity contribution in [1.29, 1.82) is 0 Å². The third kappa shape index (κ3) is 10.1. The van der Waals surface area contributed by atoms with Gasteiger partial charge in [-0.05, 0) is 55.4 Å². The van der Waals surface area contributed by atoms with Gasteiger partial charge in [-0.3, -0.25) is 4.79 Å². The highest BCUT2D eigenvalue weighted by molar-refractivity contribution is 8.03. The van der Waals surface area contributed by atoms with Crippen LogP contribution in [0, 0.1) is 23.7 Å². The van der Waals surface area contributed by atoms with Gasteiger partial charge >= 0.3 is 5.97 Å². The number of aliphatic hydroxyl groups is 1. The molecule has 6 heteroatoms. The van der Waals surface area contributed by atoms with Gasteiger partial charge in [-0.15, -0.1) is 0 Å². The van der Waals surface area contributed by atoms with Gasteiger partial charge in [0, 0.05) is 16.2 Å². The molecule has 1 aromatic carbocycles. The summed E-state index contributed by atoms with van der Waals surface area (Å²) in [6, 6.07) is 10.00. The van der Waals surface area contributed by atoms with Gasteiger partial charge in [0.15, 0.2) is 8.32 Å². The maximum absolute atomic E-state index is 11.1. The first-order valence-electron chi connectivity index (χ1n) is 10.9. The van der Waals surface area contributed by atoms with Crippen molar-refractivity contribution in [3.8, 4) is 23.7 Å². The Bertz CT molecular complexity index is 953. The predicted octanol–water partition coefficient (Wildman–Crippen LogP) is 5.95. The van der Waals surface area contributed by atoms with Crippen molar-refractivity contribution >= 4 is 26.0 Å². The molecule has 0 aliphatic heterocycles. The number of ether oxygens (including phenoxy) is 1. The van der Waals surface area contributed by atoms with Crippen LogP contribution in [0.4, 0.5) is 0 Å². The summed E-state index contributed by atoms with van der Waals surface area (Å²) in [5, 5.41) is 9.74. The number of thioether (sulfide) groups is 1. The molecule has 0 unspecified atom stereocenters. The highest BCUT2D eigenvalue weighted by atomic mass is 32.2. The Kier molecular flexibility index (Phi) is 11.8. The van der Waals surface area contributed by atoms with Crippen molar-refractivity contribution in [3.63, 3.8) is 0 Å². The van der Waals surface area contributed by atoms with Crippen LogP contribution in [0.25, 0.3) is 0 Å². The normalized spacial score (nSPS) is 14.0. The van der Waals surface area contributed by atoms with Crippen molar-refractivity contribution in [2.45, 2.75) is 69.2 Å². The fraction of sp³-hybridized carbons (Fsp3) is 0.444. The molecule has 0 fully saturated rings. The third-order valence-corrected chi connectivity index (χ3v) is 11.1. The monoisotopic (exact) mass is 484 g/mol. The summed E-state index contributed by atoms with van der Waals surface area (Å²) in [4.78, 5) is 13.0. The van der Waals surface area contributed by atoms with E-state index in [9.17, 15) is 9.90 Å². The molecule has 0 saturated carbocycles. The van der Waals surface area contributed by atoms with E-state index < -0.39 is 13.9 Å². The zero-order valence-corrected chi connectivity index (χ0v) is 22.6. The van der Waals surface area contributed by atoms with Gasteiger partial charge in [-0.25, -0.2) is 0 Å². The molecule has 1 atom stereocenters. The number of hydrogen-bond acceptors (Lipinski definition) is 5. The van der Waals surface area contributed by atoms with E-state index in [1.807, 2.05) is 37.3 Å². The van der Waals surface area contributed by atoms with Gasteiger partial charge in [0.25, 0.3) is 0 Å². The molecule has 0 aliphatic rings. The summed E-state index contributed by atoms with van der Waals surface area (Å²) in [5.74, 6) is 11.9. The van der Waals surface area contributed by atoms with Gasteiger partial charge < -0.3 is 14.3 Å². The van der Waals surface area contributed by atoms with E-state index >= 15 is 0 Å². The first kappa shape index (κ1) is 28.8. The quantitative estimate of drug-likeness (QED) is 0.214. The Labute approximate surface area is 205 Å². The van der Waals surface area contributed by atoms with E-state index in [4.69, 9.17) is 4.43 Å². The Balaban J connectivity index is 3.21. The SMILES string of the molecule is COC(=O)CCC#C/C=C\C#C[C@@](C)(O[Si](C)(C)C(C)(C)C)/C(=C/CO)Sc1ccccc1. The minimum absolute atomic E-state index is 0.00136. The topological polar surface area (TPSA) is 55.8 Å². The average Bonchev–Trinajstić information content (AvgIpc) is 2.74. The van der Waals surface area contributed by atoms with E-state index in [-0.39, 0.29) is 24.0 Å². The van der Waals surface area contributed by atoms with E-state index in [0.29, 0.717) is 6.42 Å². The standard InChI is InChI=1S/C27H36O4SSi/c1-26(2,3)33(6,7)31-27(4,21-16-11-9-8-10-15-19-25(29)30-5)24(20-22-28)32-23-17-13-12-14-18-23/h9,11-14,17-18,20,28H,15,19,22H2,1-7H3/b11-9-,24-20-/t27-/m1/s1. The molecule has 0 spiro atoms. The summed E-state index contributed by atoms with van der Waals surface area (Å²) in [6.45, 7) is 12.8. The third-order valence-electron chi connectivity index (χ3n) is 5.33. The van der Waals surface area contributed by atoms with Gasteiger partial charge in [0.1, 0.15) is 5.60 Å². The molecule has 0 saturated heterocycles. The van der Waals surface area contributed by atoms with E-state index in [0.717, 1.165) is 9.80 Å². The van der Waals surface area contributed by atoms with Crippen molar-refractivity contribution in [2.75, 3.05) is 13.7 Å². The van der Waals surface area contributed by atoms with Crippen LogP contribution >= 0.6 is 11.8 Å². The molecule has 0 radical (unpaired) electrons. The van der Waals surface area contributed by atoms with Crippen LogP contribution in [-0.2, 0) is 14.0 Å². The van der Waals surface area contributed by atoms with E-state index in [1.165, 1.54) is 7.11 Å². The number of carbonyl (C=O) groups is 1. The van der Waals surface area contributed by atoms with Gasteiger partial charge in [0.2, 0.25) is 0 Å². The lowest BCUT2D eigenvalue weighted by atomic mass is 10.1. The Morgan fingerprint density at radius 1 is 1.12 bits per heavy atom. The molecule has 0 aromatic heterocycles. The highest BCUT2D eigenvalue weighted by Crippen LogP contribution is 2.44. The molecule has 0 heterocycles. The molecular formula is C27H36O4SSi. The number of rotatable bonds is 8. The van der Waals surface area contributed by atoms with Crippen molar-refractivity contribution < 1.29 is 19.1 Å². The first-order chi connectivity index (χ1) is 15.4. The number of allylic oxidation sites excluding steroid dienone is 2. The van der Waals surface area contributed by atoms with Crippen LogP contribution < -0.4 is 0 Å². The van der Waals surface area contributed by atoms with Crippen molar-refractivity contribution in [3.05, 3.63) is 53.5 Å². The molecule has 33 heavy (non-hydrogen) atoms. The Hall–Kier alpha value is -2.22. The van der Waals surface area contributed by atoms with Gasteiger partial charge in [-0.2, -0.15) is 0 Å². The number of carbonyl (C=O) groups excluding carboxylic acids is 1. The fourth-order valence-corrected chi connectivity index (χ4v) is 5.05. The molecule has 1 rings (SSSR count). The number of esters is 1. The Morgan fingerprint density at radius 2 is 1.76 bits per heavy atom. The van der Waals surface area contributed by atoms with E-state index in [2.05, 4.69) is 62.3 Å². The van der Waals surface area contributed by atoms with Crippen LogP contribution in [0.3, 0.4) is 0 Å². The average molecular weight is 485 g/mol. The smallest absolute Gasteiger partial charge is 0.306 e.